The Morgan fingerprint density at radius 2 is 1.74 bits per heavy atom. The molecule has 6 N–H and O–H groups in total. The van der Waals surface area contributed by atoms with Gasteiger partial charge in [-0.1, -0.05) is 36.4 Å². The molecule has 5 rings (SSSR count). The summed E-state index contributed by atoms with van der Waals surface area (Å²) in [6.07, 6.45) is 1.72. The molecular weight excluding hydrogens is 488 g/mol. The van der Waals surface area contributed by atoms with Crippen molar-refractivity contribution in [2.75, 3.05) is 14.1 Å². The minimum absolute atomic E-state index is 0.0690. The number of aromatic hydroxyl groups is 1. The molecule has 0 aliphatic heterocycles. The number of hydrogen-bond donors (Lipinski definition) is 5. The minimum Gasteiger partial charge on any atom is -0.508 e. The molecule has 2 aromatic rings. The molecule has 9 nitrogen and oxygen atoms in total. The number of benzene rings is 2. The van der Waals surface area contributed by atoms with Gasteiger partial charge in [-0.05, 0) is 68.5 Å². The van der Waals surface area contributed by atoms with Gasteiger partial charge in [0.05, 0.1) is 11.6 Å². The van der Waals surface area contributed by atoms with Crippen molar-refractivity contribution < 1.29 is 34.8 Å². The molecule has 0 heterocycles. The van der Waals surface area contributed by atoms with Gasteiger partial charge < -0.3 is 26.2 Å². The maximum atomic E-state index is 13.9. The van der Waals surface area contributed by atoms with Crippen molar-refractivity contribution >= 4 is 23.2 Å². The van der Waals surface area contributed by atoms with E-state index in [4.69, 9.17) is 5.73 Å². The van der Waals surface area contributed by atoms with E-state index < -0.39 is 58.0 Å². The molecule has 0 radical (unpaired) electrons. The van der Waals surface area contributed by atoms with E-state index in [2.05, 4.69) is 0 Å². The van der Waals surface area contributed by atoms with Crippen molar-refractivity contribution in [2.45, 2.75) is 37.3 Å². The topological polar surface area (TPSA) is 161 Å². The average molecular weight is 519 g/mol. The fourth-order valence-corrected chi connectivity index (χ4v) is 6.47. The second-order valence-electron chi connectivity index (χ2n) is 10.5. The molecule has 3 aliphatic rings. The van der Waals surface area contributed by atoms with E-state index >= 15 is 0 Å². The molecule has 0 aromatic heterocycles. The molecular formula is C29H30N2O7. The standard InChI is InChI=1S/C29H30N2O7/c1-31(2)23-18-13-16-12-17-15(9-8-14-6-4-3-5-7-14)10-11-19(32)21(17)24(33)20(16)26(35)29(18,38)27(36)22(25(23)34)28(30)37/h3-7,10-11,16,18,23,32-33,36,38H,8-9,12-13H2,1-2H3,(H2,30,37)/t16-,18+,23-,29+/m1/s1. The minimum atomic E-state index is -2.63. The van der Waals surface area contributed by atoms with Crippen molar-refractivity contribution in [3.8, 4) is 5.75 Å². The Bertz CT molecular complexity index is 1430. The van der Waals surface area contributed by atoms with Crippen LogP contribution in [0.2, 0.25) is 0 Å². The lowest BCUT2D eigenvalue weighted by atomic mass is 9.57. The van der Waals surface area contributed by atoms with E-state index in [1.807, 2.05) is 30.3 Å². The van der Waals surface area contributed by atoms with Crippen LogP contribution in [0.5, 0.6) is 5.75 Å². The number of carbonyl (C=O) groups is 3. The van der Waals surface area contributed by atoms with Crippen LogP contribution in [0.25, 0.3) is 5.76 Å². The molecule has 198 valence electrons. The predicted octanol–water partition coefficient (Wildman–Crippen LogP) is 1.75. The summed E-state index contributed by atoms with van der Waals surface area (Å²) in [5.74, 6) is -6.48. The zero-order valence-corrected chi connectivity index (χ0v) is 21.1. The first-order valence-corrected chi connectivity index (χ1v) is 12.5. The molecule has 1 saturated carbocycles. The summed E-state index contributed by atoms with van der Waals surface area (Å²) in [5.41, 5.74) is 4.61. The summed E-state index contributed by atoms with van der Waals surface area (Å²) >= 11 is 0. The highest BCUT2D eigenvalue weighted by Crippen LogP contribution is 2.53. The number of Topliss-reactive ketones (excluding diaryl/α,β-unsaturated/α-hetero) is 2. The molecule has 2 aromatic carbocycles. The van der Waals surface area contributed by atoms with Gasteiger partial charge in [0.1, 0.15) is 22.8 Å². The number of likely N-dealkylation sites (N-methyl/N-ethyl adjacent to an activating group) is 1. The summed E-state index contributed by atoms with van der Waals surface area (Å²) < 4.78 is 0. The van der Waals surface area contributed by atoms with Crippen molar-refractivity contribution in [3.05, 3.63) is 81.6 Å². The smallest absolute Gasteiger partial charge is 0.255 e. The number of carbonyl (C=O) groups excluding carboxylic acids is 3. The van der Waals surface area contributed by atoms with Crippen molar-refractivity contribution in [2.24, 2.45) is 17.6 Å². The zero-order valence-electron chi connectivity index (χ0n) is 21.1. The molecule has 9 heteroatoms. The van der Waals surface area contributed by atoms with Gasteiger partial charge in [-0.15, -0.1) is 0 Å². The lowest BCUT2D eigenvalue weighted by molar-refractivity contribution is -0.153. The third-order valence-electron chi connectivity index (χ3n) is 8.23. The predicted molar refractivity (Wildman–Crippen MR) is 138 cm³/mol. The number of rotatable bonds is 5. The SMILES string of the molecule is CN(C)[C@H]1C(=O)C(C(N)=O)=C(O)[C@@]2(O)C(=O)C3=C(O)c4c(O)ccc(CCc5ccccc5)c4C[C@@H]3C[C@@H]12. The molecule has 3 aliphatic carbocycles. The highest BCUT2D eigenvalue weighted by atomic mass is 16.3. The molecule has 0 saturated heterocycles. The van der Waals surface area contributed by atoms with Gasteiger partial charge in [-0.3, -0.25) is 19.3 Å². The molecule has 38 heavy (non-hydrogen) atoms. The number of phenols is 1. The number of nitrogens with two attached hydrogens (primary N) is 1. The van der Waals surface area contributed by atoms with E-state index in [1.165, 1.54) is 11.0 Å². The van der Waals surface area contributed by atoms with Crippen LogP contribution in [-0.4, -0.2) is 68.5 Å². The average Bonchev–Trinajstić information content (AvgIpc) is 2.86. The molecule has 1 amide bonds. The number of amides is 1. The number of aliphatic hydroxyl groups excluding tert-OH is 2. The summed E-state index contributed by atoms with van der Waals surface area (Å²) in [5, 5.41) is 44.6. The highest BCUT2D eigenvalue weighted by molar-refractivity contribution is 6.24. The van der Waals surface area contributed by atoms with E-state index in [1.54, 1.807) is 20.2 Å². The Labute approximate surface area is 219 Å². The second-order valence-corrected chi connectivity index (χ2v) is 10.5. The monoisotopic (exact) mass is 518 g/mol. The van der Waals surface area contributed by atoms with Gasteiger partial charge in [0.15, 0.2) is 11.4 Å². The Morgan fingerprint density at radius 3 is 2.37 bits per heavy atom. The van der Waals surface area contributed by atoms with Gasteiger partial charge in [0.2, 0.25) is 5.78 Å². The largest absolute Gasteiger partial charge is 0.508 e. The van der Waals surface area contributed by atoms with Crippen LogP contribution in [0.3, 0.4) is 0 Å². The number of aliphatic hydroxyl groups is 3. The number of hydrogen-bond acceptors (Lipinski definition) is 8. The number of ketones is 2. The Morgan fingerprint density at radius 1 is 1.05 bits per heavy atom. The van der Waals surface area contributed by atoms with Crippen LogP contribution >= 0.6 is 0 Å². The van der Waals surface area contributed by atoms with Gasteiger partial charge in [-0.25, -0.2) is 0 Å². The molecule has 0 unspecified atom stereocenters. The van der Waals surface area contributed by atoms with Crippen LogP contribution in [-0.2, 0) is 33.6 Å². The van der Waals surface area contributed by atoms with Crippen LogP contribution in [0.15, 0.2) is 59.4 Å². The van der Waals surface area contributed by atoms with E-state index in [0.717, 1.165) is 17.5 Å². The second kappa shape index (κ2) is 9.11. The first kappa shape index (κ1) is 25.7. The van der Waals surface area contributed by atoms with Crippen LogP contribution < -0.4 is 5.73 Å². The quantitative estimate of drug-likeness (QED) is 0.374. The lowest BCUT2D eigenvalue weighted by Gasteiger charge is -2.50. The number of aryl methyl sites for hydroxylation is 2. The van der Waals surface area contributed by atoms with Gasteiger partial charge in [0.25, 0.3) is 5.91 Å². The third-order valence-corrected chi connectivity index (χ3v) is 8.23. The van der Waals surface area contributed by atoms with Crippen molar-refractivity contribution in [1.82, 2.24) is 4.90 Å². The molecule has 0 spiro atoms. The highest BCUT2D eigenvalue weighted by Gasteiger charge is 2.64. The first-order chi connectivity index (χ1) is 18.0. The summed E-state index contributed by atoms with van der Waals surface area (Å²) in [6, 6.07) is 12.1. The van der Waals surface area contributed by atoms with Gasteiger partial charge in [0, 0.05) is 11.5 Å². The molecule has 1 fully saturated rings. The number of nitrogens with zero attached hydrogens (tertiary/aromatic N) is 1. The Kier molecular flexibility index (Phi) is 6.16. The van der Waals surface area contributed by atoms with Gasteiger partial charge >= 0.3 is 0 Å². The Balaban J connectivity index is 1.63. The number of fused-ring (bicyclic) bond motifs is 3. The van der Waals surface area contributed by atoms with Crippen LogP contribution in [0.4, 0.5) is 0 Å². The maximum Gasteiger partial charge on any atom is 0.255 e. The fraction of sp³-hybridized carbons (Fsp3) is 0.345. The summed E-state index contributed by atoms with van der Waals surface area (Å²) in [6.45, 7) is 0. The Hall–Kier alpha value is -3.95. The normalized spacial score (nSPS) is 26.8. The van der Waals surface area contributed by atoms with Crippen molar-refractivity contribution in [3.63, 3.8) is 0 Å². The van der Waals surface area contributed by atoms with Gasteiger partial charge in [-0.2, -0.15) is 0 Å². The van der Waals surface area contributed by atoms with Crippen LogP contribution in [0, 0.1) is 11.8 Å². The van der Waals surface area contributed by atoms with E-state index in [-0.39, 0.29) is 29.7 Å². The van der Waals surface area contributed by atoms with E-state index in [0.29, 0.717) is 12.0 Å². The third kappa shape index (κ3) is 3.65. The summed E-state index contributed by atoms with van der Waals surface area (Å²) in [4.78, 5) is 40.6. The number of phenolic OH excluding ortho intramolecular Hbond substituents is 1. The first-order valence-electron chi connectivity index (χ1n) is 12.5. The molecule has 0 bridgehead atoms. The fourth-order valence-electron chi connectivity index (χ4n) is 6.47. The number of primary amides is 1. The van der Waals surface area contributed by atoms with Crippen LogP contribution in [0.1, 0.15) is 28.7 Å². The van der Waals surface area contributed by atoms with Crippen molar-refractivity contribution in [1.29, 1.82) is 0 Å². The van der Waals surface area contributed by atoms with E-state index in [9.17, 15) is 34.8 Å². The summed E-state index contributed by atoms with van der Waals surface area (Å²) in [7, 11) is 3.15. The molecule has 4 atom stereocenters. The lowest BCUT2D eigenvalue weighted by Crippen LogP contribution is -2.65. The zero-order chi connectivity index (χ0) is 27.5. The maximum absolute atomic E-state index is 13.9.